The Kier molecular flexibility index (Phi) is 10.2. The number of anilines is 1. The van der Waals surface area contributed by atoms with Crippen molar-refractivity contribution in [2.75, 3.05) is 17.4 Å². The van der Waals surface area contributed by atoms with E-state index < -0.39 is 28.5 Å². The zero-order valence-corrected chi connectivity index (χ0v) is 24.7. The summed E-state index contributed by atoms with van der Waals surface area (Å²) in [4.78, 5) is 27.9. The number of carbonyl (C=O) groups excluding carboxylic acids is 2. The van der Waals surface area contributed by atoms with Crippen LogP contribution in [0.4, 0.5) is 5.69 Å². The highest BCUT2D eigenvalue weighted by molar-refractivity contribution is 14.1. The van der Waals surface area contributed by atoms with Crippen LogP contribution in [0.25, 0.3) is 0 Å². The molecule has 0 aliphatic carbocycles. The lowest BCUT2D eigenvalue weighted by Crippen LogP contribution is -2.51. The smallest absolute Gasteiger partial charge is 0.264 e. The Hall–Kier alpha value is -2.34. The number of halogens is 3. The number of nitrogens with zero attached hydrogens (tertiary/aromatic N) is 2. The Morgan fingerprint density at radius 3 is 2.24 bits per heavy atom. The molecule has 0 aromatic heterocycles. The van der Waals surface area contributed by atoms with Crippen LogP contribution in [0, 0.1) is 3.57 Å². The van der Waals surface area contributed by atoms with E-state index in [1.54, 1.807) is 74.5 Å². The average molecular weight is 674 g/mol. The summed E-state index contributed by atoms with van der Waals surface area (Å²) in [7, 11) is -4.10. The lowest BCUT2D eigenvalue weighted by molar-refractivity contribution is -0.139. The molecule has 0 aliphatic rings. The molecule has 0 heterocycles. The number of sulfonamides is 1. The van der Waals surface area contributed by atoms with Crippen molar-refractivity contribution in [3.63, 3.8) is 0 Å². The number of benzene rings is 3. The highest BCUT2D eigenvalue weighted by Crippen LogP contribution is 2.27. The molecule has 0 bridgehead atoms. The van der Waals surface area contributed by atoms with Crippen LogP contribution < -0.4 is 9.62 Å². The minimum atomic E-state index is -4.10. The number of carbonyl (C=O) groups is 2. The van der Waals surface area contributed by atoms with Crippen molar-refractivity contribution in [1.29, 1.82) is 0 Å². The maximum Gasteiger partial charge on any atom is 0.264 e. The Balaban J connectivity index is 2.03. The number of likely N-dealkylation sites (N-methyl/N-ethyl adjacent to an activating group) is 1. The first-order chi connectivity index (χ1) is 17.5. The summed E-state index contributed by atoms with van der Waals surface area (Å²) in [6, 6.07) is 18.7. The molecule has 0 fully saturated rings. The third-order valence-corrected chi connectivity index (χ3v) is 8.69. The molecule has 11 heteroatoms. The van der Waals surface area contributed by atoms with Crippen molar-refractivity contribution in [3.05, 3.63) is 92.0 Å². The lowest BCUT2D eigenvalue weighted by Gasteiger charge is -2.32. The minimum absolute atomic E-state index is 0.0148. The second-order valence-corrected chi connectivity index (χ2v) is 12.1. The van der Waals surface area contributed by atoms with Gasteiger partial charge in [-0.2, -0.15) is 0 Å². The van der Waals surface area contributed by atoms with E-state index in [4.69, 9.17) is 23.2 Å². The van der Waals surface area contributed by atoms with Crippen molar-refractivity contribution in [1.82, 2.24) is 10.2 Å². The van der Waals surface area contributed by atoms with Gasteiger partial charge in [-0.05, 0) is 90.5 Å². The van der Waals surface area contributed by atoms with Gasteiger partial charge in [0.25, 0.3) is 10.0 Å². The molecule has 196 valence electrons. The van der Waals surface area contributed by atoms with Gasteiger partial charge in [-0.1, -0.05) is 47.5 Å². The highest BCUT2D eigenvalue weighted by atomic mass is 127. The molecule has 37 heavy (non-hydrogen) atoms. The zero-order chi connectivity index (χ0) is 27.2. The second-order valence-electron chi connectivity index (χ2n) is 8.13. The summed E-state index contributed by atoms with van der Waals surface area (Å²) in [6.45, 7) is 3.21. The number of rotatable bonds is 10. The molecule has 0 saturated heterocycles. The van der Waals surface area contributed by atoms with Crippen molar-refractivity contribution in [2.24, 2.45) is 0 Å². The van der Waals surface area contributed by atoms with Crippen LogP contribution in [-0.4, -0.2) is 44.3 Å². The molecule has 1 N–H and O–H groups in total. The molecule has 0 saturated carbocycles. The first kappa shape index (κ1) is 29.2. The third kappa shape index (κ3) is 7.37. The highest BCUT2D eigenvalue weighted by Gasteiger charge is 2.32. The van der Waals surface area contributed by atoms with Gasteiger partial charge in [0.15, 0.2) is 0 Å². The van der Waals surface area contributed by atoms with Gasteiger partial charge in [0.05, 0.1) is 10.6 Å². The summed E-state index contributed by atoms with van der Waals surface area (Å²) in [5, 5.41) is 3.48. The van der Waals surface area contributed by atoms with Crippen molar-refractivity contribution < 1.29 is 18.0 Å². The van der Waals surface area contributed by atoms with Crippen molar-refractivity contribution in [3.8, 4) is 0 Å². The molecule has 7 nitrogen and oxygen atoms in total. The molecule has 0 radical (unpaired) electrons. The van der Waals surface area contributed by atoms with Crippen LogP contribution in [0.1, 0.15) is 19.4 Å². The largest absolute Gasteiger partial charge is 0.355 e. The predicted octanol–water partition coefficient (Wildman–Crippen LogP) is 5.35. The lowest BCUT2D eigenvalue weighted by atomic mass is 10.1. The molecule has 1 atom stereocenters. The van der Waals surface area contributed by atoms with Gasteiger partial charge < -0.3 is 10.2 Å². The maximum absolute atomic E-state index is 13.8. The molecular weight excluding hydrogens is 648 g/mol. The van der Waals surface area contributed by atoms with Gasteiger partial charge in [0.1, 0.15) is 12.6 Å². The van der Waals surface area contributed by atoms with E-state index in [0.29, 0.717) is 27.8 Å². The topological polar surface area (TPSA) is 86.8 Å². The molecule has 3 rings (SSSR count). The minimum Gasteiger partial charge on any atom is -0.355 e. The van der Waals surface area contributed by atoms with Gasteiger partial charge in [-0.25, -0.2) is 8.42 Å². The fourth-order valence-corrected chi connectivity index (χ4v) is 5.86. The Morgan fingerprint density at radius 1 is 1.00 bits per heavy atom. The summed E-state index contributed by atoms with van der Waals surface area (Å²) in [5.74, 6) is -0.935. The molecule has 0 spiro atoms. The zero-order valence-electron chi connectivity index (χ0n) is 20.2. The first-order valence-corrected chi connectivity index (χ1v) is 14.7. The molecular formula is C26H26Cl2IN3O4S. The van der Waals surface area contributed by atoms with Crippen molar-refractivity contribution >= 4 is 73.3 Å². The van der Waals surface area contributed by atoms with Crippen LogP contribution in [0.15, 0.2) is 77.7 Å². The summed E-state index contributed by atoms with van der Waals surface area (Å²) in [5.41, 5.74) is 0.898. The normalized spacial score (nSPS) is 12.0. The molecule has 0 unspecified atom stereocenters. The van der Waals surface area contributed by atoms with E-state index in [0.717, 1.165) is 7.88 Å². The van der Waals surface area contributed by atoms with Gasteiger partial charge in [0, 0.05) is 26.7 Å². The number of hydrogen-bond acceptors (Lipinski definition) is 4. The quantitative estimate of drug-likeness (QED) is 0.294. The summed E-state index contributed by atoms with van der Waals surface area (Å²) in [6.07, 6.45) is 0. The van der Waals surface area contributed by atoms with Crippen LogP contribution in [-0.2, 0) is 26.2 Å². The summed E-state index contributed by atoms with van der Waals surface area (Å²) < 4.78 is 29.3. The van der Waals surface area contributed by atoms with Gasteiger partial charge in [0.2, 0.25) is 11.8 Å². The molecule has 2 amide bonds. The van der Waals surface area contributed by atoms with E-state index in [1.807, 2.05) is 0 Å². The van der Waals surface area contributed by atoms with E-state index in [9.17, 15) is 18.0 Å². The number of nitrogens with one attached hydrogen (secondary N) is 1. The van der Waals surface area contributed by atoms with Crippen LogP contribution in [0.5, 0.6) is 0 Å². The number of amides is 2. The molecule has 3 aromatic rings. The Labute approximate surface area is 240 Å². The fraction of sp³-hybridized carbons (Fsp3) is 0.231. The van der Waals surface area contributed by atoms with Crippen LogP contribution in [0.2, 0.25) is 10.0 Å². The van der Waals surface area contributed by atoms with Crippen molar-refractivity contribution in [2.45, 2.75) is 31.3 Å². The summed E-state index contributed by atoms with van der Waals surface area (Å²) >= 11 is 14.5. The first-order valence-electron chi connectivity index (χ1n) is 11.4. The van der Waals surface area contributed by atoms with E-state index >= 15 is 0 Å². The Morgan fingerprint density at radius 2 is 1.65 bits per heavy atom. The van der Waals surface area contributed by atoms with E-state index in [2.05, 4.69) is 27.9 Å². The molecule has 0 aliphatic heterocycles. The second kappa shape index (κ2) is 12.9. The molecule has 3 aromatic carbocycles. The Bertz CT molecular complexity index is 1360. The van der Waals surface area contributed by atoms with E-state index in [-0.39, 0.29) is 17.3 Å². The maximum atomic E-state index is 13.8. The fourth-order valence-electron chi connectivity index (χ4n) is 3.59. The van der Waals surface area contributed by atoms with Gasteiger partial charge in [-0.15, -0.1) is 0 Å². The van der Waals surface area contributed by atoms with Gasteiger partial charge in [-0.3, -0.25) is 13.9 Å². The van der Waals surface area contributed by atoms with Gasteiger partial charge >= 0.3 is 0 Å². The van der Waals surface area contributed by atoms with Crippen LogP contribution >= 0.6 is 45.8 Å². The average Bonchev–Trinajstić information content (AvgIpc) is 2.87. The monoisotopic (exact) mass is 673 g/mol. The predicted molar refractivity (Wildman–Crippen MR) is 155 cm³/mol. The van der Waals surface area contributed by atoms with Crippen LogP contribution in [0.3, 0.4) is 0 Å². The standard InChI is InChI=1S/C26H26Cl2IN3O4S/c1-3-30-26(34)18(2)31(16-19-9-10-20(27)15-24(19)28)25(33)17-32(22-13-11-21(29)12-14-22)37(35,36)23-7-5-4-6-8-23/h4-15,18H,3,16-17H2,1-2H3,(H,30,34)/t18-/m0/s1. The SMILES string of the molecule is CCNC(=O)[C@H](C)N(Cc1ccc(Cl)cc1Cl)C(=O)CN(c1ccc(I)cc1)S(=O)(=O)c1ccccc1. The number of hydrogen-bond donors (Lipinski definition) is 1. The third-order valence-electron chi connectivity index (χ3n) is 5.60. The van der Waals surface area contributed by atoms with E-state index in [1.165, 1.54) is 17.0 Å².